The lowest BCUT2D eigenvalue weighted by molar-refractivity contribution is -0.120. The molecule has 2 aliphatic heterocycles. The molecule has 0 aromatic heterocycles. The van der Waals surface area contributed by atoms with E-state index in [0.29, 0.717) is 25.1 Å². The standard InChI is InChI=1S/C19H22FNO2S/c1-23-10-3-2-7-15-8-4-9-18(22)21(15)16-12-14-6-5-11-24-19(14)17(20)13-16/h12-13,15H,4-11H2,1H3. The maximum Gasteiger partial charge on any atom is 0.227 e. The van der Waals surface area contributed by atoms with E-state index in [1.807, 2.05) is 6.07 Å². The third kappa shape index (κ3) is 3.76. The highest BCUT2D eigenvalue weighted by Crippen LogP contribution is 2.37. The second-order valence-corrected chi connectivity index (χ2v) is 7.27. The lowest BCUT2D eigenvalue weighted by Crippen LogP contribution is -2.43. The van der Waals surface area contributed by atoms with E-state index >= 15 is 0 Å². The lowest BCUT2D eigenvalue weighted by Gasteiger charge is -2.35. The van der Waals surface area contributed by atoms with Gasteiger partial charge in [-0.05, 0) is 49.1 Å². The van der Waals surface area contributed by atoms with Crippen molar-refractivity contribution in [2.45, 2.75) is 49.5 Å². The number of anilines is 1. The van der Waals surface area contributed by atoms with E-state index in [1.54, 1.807) is 23.8 Å². The van der Waals surface area contributed by atoms with Crippen LogP contribution >= 0.6 is 11.8 Å². The fourth-order valence-electron chi connectivity index (χ4n) is 3.36. The SMILES string of the molecule is COCC#CCC1CCCC(=O)N1c1cc(F)c2c(c1)CCCS2. The molecule has 1 unspecified atom stereocenters. The smallest absolute Gasteiger partial charge is 0.227 e. The van der Waals surface area contributed by atoms with Gasteiger partial charge < -0.3 is 9.64 Å². The van der Waals surface area contributed by atoms with Crippen molar-refractivity contribution in [1.82, 2.24) is 0 Å². The monoisotopic (exact) mass is 347 g/mol. The molecule has 2 heterocycles. The Balaban J connectivity index is 1.87. The first-order valence-corrected chi connectivity index (χ1v) is 9.41. The van der Waals surface area contributed by atoms with Gasteiger partial charge >= 0.3 is 0 Å². The predicted octanol–water partition coefficient (Wildman–Crippen LogP) is 3.79. The lowest BCUT2D eigenvalue weighted by atomic mass is 9.97. The van der Waals surface area contributed by atoms with E-state index < -0.39 is 0 Å². The van der Waals surface area contributed by atoms with Gasteiger partial charge in [-0.2, -0.15) is 0 Å². The minimum atomic E-state index is -0.199. The van der Waals surface area contributed by atoms with E-state index in [0.717, 1.165) is 41.9 Å². The third-order valence-corrected chi connectivity index (χ3v) is 5.70. The van der Waals surface area contributed by atoms with Gasteiger partial charge in [0.05, 0.1) is 0 Å². The van der Waals surface area contributed by atoms with Gasteiger partial charge in [0.15, 0.2) is 0 Å². The summed E-state index contributed by atoms with van der Waals surface area (Å²) in [4.78, 5) is 15.0. The van der Waals surface area contributed by atoms with Crippen molar-refractivity contribution in [3.8, 4) is 11.8 Å². The van der Waals surface area contributed by atoms with E-state index in [2.05, 4.69) is 11.8 Å². The second kappa shape index (κ2) is 8.04. The highest BCUT2D eigenvalue weighted by molar-refractivity contribution is 7.99. The summed E-state index contributed by atoms with van der Waals surface area (Å²) in [6.45, 7) is 0.394. The summed E-state index contributed by atoms with van der Waals surface area (Å²) in [6.07, 6.45) is 4.84. The number of nitrogens with zero attached hydrogens (tertiary/aromatic N) is 1. The number of amides is 1. The molecule has 24 heavy (non-hydrogen) atoms. The molecule has 1 aromatic rings. The molecule has 0 radical (unpaired) electrons. The number of fused-ring (bicyclic) bond motifs is 1. The summed E-state index contributed by atoms with van der Waals surface area (Å²) < 4.78 is 19.4. The van der Waals surface area contributed by atoms with Gasteiger partial charge in [-0.15, -0.1) is 11.8 Å². The third-order valence-electron chi connectivity index (χ3n) is 4.46. The molecule has 1 amide bonds. The van der Waals surface area contributed by atoms with Crippen molar-refractivity contribution in [1.29, 1.82) is 0 Å². The highest BCUT2D eigenvalue weighted by Gasteiger charge is 2.30. The zero-order valence-electron chi connectivity index (χ0n) is 13.9. The van der Waals surface area contributed by atoms with Crippen LogP contribution in [-0.4, -0.2) is 31.4 Å². The summed E-state index contributed by atoms with van der Waals surface area (Å²) in [5, 5.41) is 0. The zero-order valence-corrected chi connectivity index (χ0v) is 14.8. The zero-order chi connectivity index (χ0) is 16.9. The number of methoxy groups -OCH3 is 1. The van der Waals surface area contributed by atoms with Crippen LogP contribution in [0.15, 0.2) is 17.0 Å². The number of aryl methyl sites for hydroxylation is 1. The van der Waals surface area contributed by atoms with Crippen molar-refractivity contribution >= 4 is 23.4 Å². The molecule has 128 valence electrons. The molecule has 0 saturated carbocycles. The molecule has 1 aromatic carbocycles. The molecule has 3 nitrogen and oxygen atoms in total. The Kier molecular flexibility index (Phi) is 5.80. The number of carbonyl (C=O) groups is 1. The summed E-state index contributed by atoms with van der Waals surface area (Å²) in [7, 11) is 1.61. The van der Waals surface area contributed by atoms with Gasteiger partial charge in [-0.3, -0.25) is 4.79 Å². The summed E-state index contributed by atoms with van der Waals surface area (Å²) in [5.74, 6) is 6.86. The quantitative estimate of drug-likeness (QED) is 0.779. The fraction of sp³-hybridized carbons (Fsp3) is 0.526. The van der Waals surface area contributed by atoms with Crippen molar-refractivity contribution in [2.75, 3.05) is 24.4 Å². The first-order chi connectivity index (χ1) is 11.7. The molecule has 0 bridgehead atoms. The molecule has 0 N–H and O–H groups in total. The van der Waals surface area contributed by atoms with Gasteiger partial charge in [0.2, 0.25) is 5.91 Å². The topological polar surface area (TPSA) is 29.5 Å². The van der Waals surface area contributed by atoms with Gasteiger partial charge in [-0.25, -0.2) is 4.39 Å². The number of carbonyl (C=O) groups excluding carboxylic acids is 1. The maximum atomic E-state index is 14.5. The molecular formula is C19H22FNO2S. The molecule has 1 atom stereocenters. The molecule has 0 aliphatic carbocycles. The van der Waals surface area contributed by atoms with E-state index in [-0.39, 0.29) is 17.8 Å². The Morgan fingerprint density at radius 1 is 1.33 bits per heavy atom. The Bertz CT molecular complexity index is 680. The number of rotatable bonds is 3. The van der Waals surface area contributed by atoms with Crippen molar-refractivity contribution in [3.05, 3.63) is 23.5 Å². The largest absolute Gasteiger partial charge is 0.372 e. The second-order valence-electron chi connectivity index (χ2n) is 6.17. The number of benzene rings is 1. The van der Waals surface area contributed by atoms with Crippen LogP contribution in [0.4, 0.5) is 10.1 Å². The minimum absolute atomic E-state index is 0.0179. The summed E-state index contributed by atoms with van der Waals surface area (Å²) in [5.41, 5.74) is 1.72. The normalized spacial score (nSPS) is 20.3. The minimum Gasteiger partial charge on any atom is -0.372 e. The number of hydrogen-bond donors (Lipinski definition) is 0. The van der Waals surface area contributed by atoms with Gasteiger partial charge in [-0.1, -0.05) is 11.8 Å². The Labute approximate surface area is 146 Å². The number of thioether (sulfide) groups is 1. The number of ether oxygens (including phenoxy) is 1. The van der Waals surface area contributed by atoms with Crippen molar-refractivity contribution < 1.29 is 13.9 Å². The van der Waals surface area contributed by atoms with Crippen molar-refractivity contribution in [3.63, 3.8) is 0 Å². The number of halogens is 1. The van der Waals surface area contributed by atoms with Crippen LogP contribution in [-0.2, 0) is 16.0 Å². The Morgan fingerprint density at radius 3 is 3.04 bits per heavy atom. The first-order valence-electron chi connectivity index (χ1n) is 8.42. The molecule has 3 rings (SSSR count). The maximum absolute atomic E-state index is 14.5. The van der Waals surface area contributed by atoms with Gasteiger partial charge in [0.1, 0.15) is 12.4 Å². The van der Waals surface area contributed by atoms with E-state index in [4.69, 9.17) is 4.74 Å². The van der Waals surface area contributed by atoms with Crippen LogP contribution in [0.1, 0.15) is 37.7 Å². The Morgan fingerprint density at radius 2 is 2.21 bits per heavy atom. The van der Waals surface area contributed by atoms with Crippen LogP contribution in [0.5, 0.6) is 0 Å². The summed E-state index contributed by atoms with van der Waals surface area (Å²) >= 11 is 1.58. The van der Waals surface area contributed by atoms with Crippen molar-refractivity contribution in [2.24, 2.45) is 0 Å². The molecule has 5 heteroatoms. The first kappa shape index (κ1) is 17.3. The van der Waals surface area contributed by atoms with Gasteiger partial charge in [0.25, 0.3) is 0 Å². The molecular weight excluding hydrogens is 325 g/mol. The predicted molar refractivity (Wildman–Crippen MR) is 94.8 cm³/mol. The number of hydrogen-bond acceptors (Lipinski definition) is 3. The van der Waals surface area contributed by atoms with E-state index in [1.165, 1.54) is 6.07 Å². The molecule has 1 fully saturated rings. The average Bonchev–Trinajstić information content (AvgIpc) is 2.59. The molecule has 0 spiro atoms. The summed E-state index contributed by atoms with van der Waals surface area (Å²) in [6, 6.07) is 3.54. The molecule has 2 aliphatic rings. The van der Waals surface area contributed by atoms with Crippen LogP contribution in [0, 0.1) is 17.7 Å². The van der Waals surface area contributed by atoms with Crippen LogP contribution in [0.3, 0.4) is 0 Å². The average molecular weight is 347 g/mol. The van der Waals surface area contributed by atoms with Crippen LogP contribution in [0.25, 0.3) is 0 Å². The van der Waals surface area contributed by atoms with Crippen LogP contribution in [0.2, 0.25) is 0 Å². The number of piperidine rings is 1. The highest BCUT2D eigenvalue weighted by atomic mass is 32.2. The van der Waals surface area contributed by atoms with Crippen LogP contribution < -0.4 is 4.90 Å². The fourth-order valence-corrected chi connectivity index (χ4v) is 4.40. The molecule has 1 saturated heterocycles. The Hall–Kier alpha value is -1.51. The van der Waals surface area contributed by atoms with Gasteiger partial charge in [0, 0.05) is 36.6 Å². The van der Waals surface area contributed by atoms with E-state index in [9.17, 15) is 9.18 Å².